The van der Waals surface area contributed by atoms with Gasteiger partial charge in [0.1, 0.15) is 0 Å². The molecular formula is C9H8Cl2N2O2S. The highest BCUT2D eigenvalue weighted by molar-refractivity contribution is 7.80. The summed E-state index contributed by atoms with van der Waals surface area (Å²) in [6, 6.07) is 4.89. The number of nitrogens with one attached hydrogen (secondary N) is 2. The summed E-state index contributed by atoms with van der Waals surface area (Å²) < 4.78 is 4.38. The summed E-state index contributed by atoms with van der Waals surface area (Å²) in [5.41, 5.74) is 0.621. The van der Waals surface area contributed by atoms with E-state index < -0.39 is 6.09 Å². The van der Waals surface area contributed by atoms with Gasteiger partial charge < -0.3 is 10.1 Å². The number of amides is 1. The highest BCUT2D eigenvalue weighted by Gasteiger charge is 2.04. The summed E-state index contributed by atoms with van der Waals surface area (Å²) in [6.07, 6.45) is -0.641. The molecule has 86 valence electrons. The molecule has 1 rings (SSSR count). The van der Waals surface area contributed by atoms with Crippen molar-refractivity contribution in [2.24, 2.45) is 0 Å². The van der Waals surface area contributed by atoms with E-state index >= 15 is 0 Å². The summed E-state index contributed by atoms with van der Waals surface area (Å²) in [5.74, 6) is 0. The zero-order valence-corrected chi connectivity index (χ0v) is 10.5. The highest BCUT2D eigenvalue weighted by atomic mass is 35.5. The van der Waals surface area contributed by atoms with Crippen LogP contribution in [0.15, 0.2) is 18.2 Å². The topological polar surface area (TPSA) is 50.4 Å². The molecule has 0 aliphatic heterocycles. The van der Waals surface area contributed by atoms with Gasteiger partial charge in [0.15, 0.2) is 5.11 Å². The van der Waals surface area contributed by atoms with Crippen molar-refractivity contribution in [1.82, 2.24) is 5.32 Å². The number of ether oxygens (including phenoxy) is 1. The summed E-state index contributed by atoms with van der Waals surface area (Å²) >= 11 is 16.4. The van der Waals surface area contributed by atoms with Gasteiger partial charge in [-0.3, -0.25) is 5.32 Å². The first kappa shape index (κ1) is 13.0. The third kappa shape index (κ3) is 3.84. The Morgan fingerprint density at radius 1 is 1.38 bits per heavy atom. The Labute approximate surface area is 108 Å². The average molecular weight is 279 g/mol. The molecule has 0 saturated carbocycles. The van der Waals surface area contributed by atoms with Crippen molar-refractivity contribution in [3.8, 4) is 0 Å². The zero-order chi connectivity index (χ0) is 12.1. The van der Waals surface area contributed by atoms with Crippen LogP contribution in [0.1, 0.15) is 0 Å². The number of benzene rings is 1. The van der Waals surface area contributed by atoms with Gasteiger partial charge in [0.25, 0.3) is 0 Å². The number of rotatable bonds is 1. The molecule has 0 fully saturated rings. The number of carbonyl (C=O) groups excluding carboxylic acids is 1. The number of methoxy groups -OCH3 is 1. The molecule has 0 unspecified atom stereocenters. The van der Waals surface area contributed by atoms with Gasteiger partial charge in [-0.1, -0.05) is 23.2 Å². The number of hydrogen-bond donors (Lipinski definition) is 2. The minimum Gasteiger partial charge on any atom is -0.453 e. The predicted molar refractivity (Wildman–Crippen MR) is 68.2 cm³/mol. The number of thiocarbonyl (C=S) groups is 1. The maximum atomic E-state index is 10.8. The molecule has 0 saturated heterocycles. The van der Waals surface area contributed by atoms with Crippen LogP contribution in [0.2, 0.25) is 10.0 Å². The maximum absolute atomic E-state index is 10.8. The Balaban J connectivity index is 2.63. The molecule has 0 aromatic heterocycles. The van der Waals surface area contributed by atoms with E-state index in [0.29, 0.717) is 15.7 Å². The number of halogens is 2. The standard InChI is InChI=1S/C9H8Cl2N2O2S/c1-15-9(14)13-8(16)12-5-2-3-6(10)7(11)4-5/h2-4H,1H3,(H2,12,13,14,16). The lowest BCUT2D eigenvalue weighted by atomic mass is 10.3. The predicted octanol–water partition coefficient (Wildman–Crippen LogP) is 3.05. The van der Waals surface area contributed by atoms with Crippen molar-refractivity contribution >= 4 is 52.3 Å². The molecule has 7 heteroatoms. The fourth-order valence-corrected chi connectivity index (χ4v) is 1.38. The Kier molecular flexibility index (Phi) is 4.79. The fraction of sp³-hybridized carbons (Fsp3) is 0.111. The van der Waals surface area contributed by atoms with Gasteiger partial charge in [-0.15, -0.1) is 0 Å². The van der Waals surface area contributed by atoms with Crippen LogP contribution in [-0.2, 0) is 4.74 Å². The Bertz CT molecular complexity index is 426. The normalized spacial score (nSPS) is 9.44. The van der Waals surface area contributed by atoms with Crippen LogP contribution in [0.3, 0.4) is 0 Å². The van der Waals surface area contributed by atoms with Crippen molar-refractivity contribution in [1.29, 1.82) is 0 Å². The minimum atomic E-state index is -0.641. The molecule has 0 aliphatic rings. The second-order valence-electron chi connectivity index (χ2n) is 2.70. The van der Waals surface area contributed by atoms with E-state index in [0.717, 1.165) is 0 Å². The highest BCUT2D eigenvalue weighted by Crippen LogP contribution is 2.24. The van der Waals surface area contributed by atoms with Gasteiger partial charge in [0.05, 0.1) is 17.2 Å². The third-order valence-electron chi connectivity index (χ3n) is 1.58. The first-order chi connectivity index (χ1) is 7.52. The lowest BCUT2D eigenvalue weighted by Crippen LogP contribution is -2.33. The summed E-state index contributed by atoms with van der Waals surface area (Å²) in [7, 11) is 1.25. The van der Waals surface area contributed by atoms with E-state index in [-0.39, 0.29) is 5.11 Å². The SMILES string of the molecule is COC(=O)NC(=S)Nc1ccc(Cl)c(Cl)c1. The first-order valence-corrected chi connectivity index (χ1v) is 5.30. The van der Waals surface area contributed by atoms with E-state index in [4.69, 9.17) is 35.4 Å². The molecule has 0 aliphatic carbocycles. The molecule has 0 spiro atoms. The van der Waals surface area contributed by atoms with Gasteiger partial charge in [-0.05, 0) is 30.4 Å². The number of anilines is 1. The number of alkyl carbamates (subject to hydrolysis) is 1. The van der Waals surface area contributed by atoms with Gasteiger partial charge in [-0.25, -0.2) is 4.79 Å². The first-order valence-electron chi connectivity index (χ1n) is 4.14. The average Bonchev–Trinajstić information content (AvgIpc) is 2.23. The lowest BCUT2D eigenvalue weighted by Gasteiger charge is -2.08. The van der Waals surface area contributed by atoms with Crippen molar-refractivity contribution in [2.45, 2.75) is 0 Å². The van der Waals surface area contributed by atoms with Gasteiger partial charge in [0.2, 0.25) is 0 Å². The van der Waals surface area contributed by atoms with E-state index in [1.165, 1.54) is 7.11 Å². The molecule has 1 aromatic rings. The Hall–Kier alpha value is -1.04. The monoisotopic (exact) mass is 278 g/mol. The quantitative estimate of drug-likeness (QED) is 0.776. The second kappa shape index (κ2) is 5.89. The molecule has 16 heavy (non-hydrogen) atoms. The third-order valence-corrected chi connectivity index (χ3v) is 2.52. The van der Waals surface area contributed by atoms with Crippen LogP contribution in [-0.4, -0.2) is 18.3 Å². The van der Waals surface area contributed by atoms with E-state index in [2.05, 4.69) is 15.4 Å². The fourth-order valence-electron chi connectivity index (χ4n) is 0.880. The number of carbonyl (C=O) groups is 1. The van der Waals surface area contributed by atoms with E-state index in [1.807, 2.05) is 0 Å². The van der Waals surface area contributed by atoms with Crippen LogP contribution in [0, 0.1) is 0 Å². The second-order valence-corrected chi connectivity index (χ2v) is 3.92. The smallest absolute Gasteiger partial charge is 0.413 e. The van der Waals surface area contributed by atoms with E-state index in [1.54, 1.807) is 18.2 Å². The van der Waals surface area contributed by atoms with Gasteiger partial charge in [0, 0.05) is 5.69 Å². The molecular weight excluding hydrogens is 271 g/mol. The van der Waals surface area contributed by atoms with Crippen LogP contribution in [0.4, 0.5) is 10.5 Å². The Morgan fingerprint density at radius 3 is 2.62 bits per heavy atom. The van der Waals surface area contributed by atoms with Crippen LogP contribution in [0.5, 0.6) is 0 Å². The molecule has 0 bridgehead atoms. The molecule has 0 radical (unpaired) electrons. The molecule has 4 nitrogen and oxygen atoms in total. The van der Waals surface area contributed by atoms with Gasteiger partial charge >= 0.3 is 6.09 Å². The lowest BCUT2D eigenvalue weighted by molar-refractivity contribution is 0.177. The number of hydrogen-bond acceptors (Lipinski definition) is 3. The molecule has 1 amide bonds. The van der Waals surface area contributed by atoms with Crippen molar-refractivity contribution < 1.29 is 9.53 Å². The van der Waals surface area contributed by atoms with E-state index in [9.17, 15) is 4.79 Å². The maximum Gasteiger partial charge on any atom is 0.413 e. The van der Waals surface area contributed by atoms with Crippen molar-refractivity contribution in [2.75, 3.05) is 12.4 Å². The largest absolute Gasteiger partial charge is 0.453 e. The summed E-state index contributed by atoms with van der Waals surface area (Å²) in [5, 5.41) is 6.00. The molecule has 0 heterocycles. The molecule has 2 N–H and O–H groups in total. The van der Waals surface area contributed by atoms with Crippen molar-refractivity contribution in [3.63, 3.8) is 0 Å². The zero-order valence-electron chi connectivity index (χ0n) is 8.21. The Morgan fingerprint density at radius 2 is 2.06 bits per heavy atom. The van der Waals surface area contributed by atoms with Crippen molar-refractivity contribution in [3.05, 3.63) is 28.2 Å². The molecule has 1 aromatic carbocycles. The van der Waals surface area contributed by atoms with Gasteiger partial charge in [-0.2, -0.15) is 0 Å². The summed E-state index contributed by atoms with van der Waals surface area (Å²) in [6.45, 7) is 0. The molecule has 0 atom stereocenters. The minimum absolute atomic E-state index is 0.116. The summed E-state index contributed by atoms with van der Waals surface area (Å²) in [4.78, 5) is 10.8. The van der Waals surface area contributed by atoms with Crippen LogP contribution in [0.25, 0.3) is 0 Å². The van der Waals surface area contributed by atoms with Crippen LogP contribution < -0.4 is 10.6 Å². The van der Waals surface area contributed by atoms with Crippen LogP contribution >= 0.6 is 35.4 Å².